The average molecular weight is 378 g/mol. The second-order valence-corrected chi connectivity index (χ2v) is 8.25. The number of nitrogens with one attached hydrogen (secondary N) is 1. The summed E-state index contributed by atoms with van der Waals surface area (Å²) in [5, 5.41) is 13.3. The predicted octanol–water partition coefficient (Wildman–Crippen LogP) is 3.43. The number of non-ortho nitro benzene ring substituents is 1. The average Bonchev–Trinajstić information content (AvgIpc) is 2.80. The van der Waals surface area contributed by atoms with E-state index in [1.54, 1.807) is 12.1 Å². The van der Waals surface area contributed by atoms with Crippen LogP contribution < -0.4 is 5.32 Å². The molecule has 0 aliphatic heterocycles. The third-order valence-electron chi connectivity index (χ3n) is 3.07. The Balaban J connectivity index is 2.13. The molecule has 1 atom stereocenters. The van der Waals surface area contributed by atoms with Crippen LogP contribution in [0.25, 0.3) is 0 Å². The molecule has 1 aliphatic carbocycles. The van der Waals surface area contributed by atoms with Gasteiger partial charge in [0.15, 0.2) is 0 Å². The number of halogens is 2. The van der Waals surface area contributed by atoms with Crippen LogP contribution in [0.2, 0.25) is 0 Å². The summed E-state index contributed by atoms with van der Waals surface area (Å²) in [4.78, 5) is 22.2. The normalized spacial score (nSPS) is 24.4. The molecule has 1 aliphatic rings. The molecule has 0 heterocycles. The second kappa shape index (κ2) is 4.31. The molecule has 96 valence electrons. The molecule has 1 saturated carbocycles. The van der Waals surface area contributed by atoms with Crippen LogP contribution >= 0.6 is 31.9 Å². The number of anilines is 1. The zero-order chi connectivity index (χ0) is 13.6. The number of hydrogen-bond donors (Lipinski definition) is 1. The standard InChI is InChI=1S/C11H10Br2N2O3/c1-10(6-11(10,12)13)9(16)14-7-3-2-4-8(5-7)15(17)18/h2-5H,6H2,1H3,(H,14,16). The number of nitrogens with zero attached hydrogens (tertiary/aromatic N) is 1. The minimum atomic E-state index is -0.544. The summed E-state index contributed by atoms with van der Waals surface area (Å²) < 4.78 is -0.377. The lowest BCUT2D eigenvalue weighted by molar-refractivity contribution is -0.384. The largest absolute Gasteiger partial charge is 0.325 e. The maximum atomic E-state index is 12.1. The number of hydrogen-bond acceptors (Lipinski definition) is 3. The number of carbonyl (C=O) groups excluding carboxylic acids is 1. The van der Waals surface area contributed by atoms with Crippen molar-refractivity contribution in [3.8, 4) is 0 Å². The quantitative estimate of drug-likeness (QED) is 0.498. The maximum absolute atomic E-state index is 12.1. The Morgan fingerprint density at radius 3 is 2.61 bits per heavy atom. The molecule has 0 bridgehead atoms. The lowest BCUT2D eigenvalue weighted by atomic mass is 10.1. The van der Waals surface area contributed by atoms with Gasteiger partial charge in [0.1, 0.15) is 0 Å². The summed E-state index contributed by atoms with van der Waals surface area (Å²) in [5.74, 6) is -0.170. The SMILES string of the molecule is CC1(C(=O)Nc2cccc([N+](=O)[O-])c2)CC1(Br)Br. The minimum absolute atomic E-state index is 0.0438. The van der Waals surface area contributed by atoms with Crippen molar-refractivity contribution in [3.63, 3.8) is 0 Å². The first-order chi connectivity index (χ1) is 8.26. The van der Waals surface area contributed by atoms with Crippen LogP contribution in [0.4, 0.5) is 11.4 Å². The summed E-state index contributed by atoms with van der Waals surface area (Å²) in [7, 11) is 0. The second-order valence-electron chi connectivity index (χ2n) is 4.47. The van der Waals surface area contributed by atoms with E-state index in [0.717, 1.165) is 0 Å². The fraction of sp³-hybridized carbons (Fsp3) is 0.364. The monoisotopic (exact) mass is 376 g/mol. The van der Waals surface area contributed by atoms with E-state index >= 15 is 0 Å². The van der Waals surface area contributed by atoms with Crippen molar-refractivity contribution in [1.29, 1.82) is 0 Å². The highest BCUT2D eigenvalue weighted by atomic mass is 79.9. The summed E-state index contributed by atoms with van der Waals surface area (Å²) in [6.45, 7) is 1.82. The van der Waals surface area contributed by atoms with Crippen molar-refractivity contribution >= 4 is 49.1 Å². The van der Waals surface area contributed by atoms with Crippen LogP contribution in [0.15, 0.2) is 24.3 Å². The number of alkyl halides is 2. The minimum Gasteiger partial charge on any atom is -0.325 e. The zero-order valence-corrected chi connectivity index (χ0v) is 12.6. The van der Waals surface area contributed by atoms with Crippen LogP contribution in [-0.4, -0.2) is 14.1 Å². The Bertz CT molecular complexity index is 533. The first kappa shape index (κ1) is 13.5. The van der Waals surface area contributed by atoms with Gasteiger partial charge in [-0.2, -0.15) is 0 Å². The third kappa shape index (κ3) is 2.29. The molecule has 1 aromatic carbocycles. The molecule has 1 amide bonds. The topological polar surface area (TPSA) is 72.2 Å². The number of amides is 1. The van der Waals surface area contributed by atoms with Gasteiger partial charge < -0.3 is 5.32 Å². The van der Waals surface area contributed by atoms with Gasteiger partial charge in [-0.25, -0.2) is 0 Å². The summed E-state index contributed by atoms with van der Waals surface area (Å²) in [5.41, 5.74) is -0.159. The first-order valence-corrected chi connectivity index (χ1v) is 6.79. The lowest BCUT2D eigenvalue weighted by Crippen LogP contribution is -2.25. The number of carbonyl (C=O) groups is 1. The number of nitro groups is 1. The van der Waals surface area contributed by atoms with Crippen molar-refractivity contribution in [2.75, 3.05) is 5.32 Å². The summed E-state index contributed by atoms with van der Waals surface area (Å²) in [6.07, 6.45) is 0.667. The molecule has 1 fully saturated rings. The Hall–Kier alpha value is -0.950. The zero-order valence-electron chi connectivity index (χ0n) is 9.44. The van der Waals surface area contributed by atoms with Crippen LogP contribution in [0.3, 0.4) is 0 Å². The molecule has 2 rings (SSSR count). The number of benzene rings is 1. The van der Waals surface area contributed by atoms with Gasteiger partial charge in [0.05, 0.1) is 13.6 Å². The molecule has 0 saturated heterocycles. The van der Waals surface area contributed by atoms with Crippen LogP contribution in [-0.2, 0) is 4.79 Å². The van der Waals surface area contributed by atoms with E-state index in [2.05, 4.69) is 37.2 Å². The summed E-state index contributed by atoms with van der Waals surface area (Å²) >= 11 is 6.82. The molecule has 1 unspecified atom stereocenters. The fourth-order valence-electron chi connectivity index (χ4n) is 1.61. The van der Waals surface area contributed by atoms with Crippen LogP contribution in [0, 0.1) is 15.5 Å². The van der Waals surface area contributed by atoms with Crippen molar-refractivity contribution < 1.29 is 9.72 Å². The van der Waals surface area contributed by atoms with E-state index < -0.39 is 10.3 Å². The van der Waals surface area contributed by atoms with Gasteiger partial charge in [-0.3, -0.25) is 14.9 Å². The highest BCUT2D eigenvalue weighted by molar-refractivity contribution is 9.25. The molecule has 7 heteroatoms. The van der Waals surface area contributed by atoms with Gasteiger partial charge in [-0.15, -0.1) is 0 Å². The van der Waals surface area contributed by atoms with E-state index in [1.165, 1.54) is 12.1 Å². The van der Waals surface area contributed by atoms with Gasteiger partial charge >= 0.3 is 0 Å². The predicted molar refractivity (Wildman–Crippen MR) is 75.0 cm³/mol. The van der Waals surface area contributed by atoms with Gasteiger partial charge in [-0.1, -0.05) is 37.9 Å². The smallest absolute Gasteiger partial charge is 0.271 e. The van der Waals surface area contributed by atoms with Gasteiger partial charge in [-0.05, 0) is 19.4 Å². The Kier molecular flexibility index (Phi) is 3.23. The van der Waals surface area contributed by atoms with Gasteiger partial charge in [0, 0.05) is 17.8 Å². The number of rotatable bonds is 3. The molecule has 0 aromatic heterocycles. The molecule has 1 aromatic rings. The highest BCUT2D eigenvalue weighted by Crippen LogP contribution is 2.66. The Morgan fingerprint density at radius 2 is 2.11 bits per heavy atom. The third-order valence-corrected chi connectivity index (χ3v) is 5.38. The molecular weight excluding hydrogens is 368 g/mol. The molecule has 0 spiro atoms. The Labute approximate surface area is 120 Å². The molecule has 18 heavy (non-hydrogen) atoms. The fourth-order valence-corrected chi connectivity index (χ4v) is 3.09. The van der Waals surface area contributed by atoms with E-state index in [-0.39, 0.29) is 14.8 Å². The van der Waals surface area contributed by atoms with E-state index in [4.69, 9.17) is 0 Å². The summed E-state index contributed by atoms with van der Waals surface area (Å²) in [6, 6.07) is 5.89. The van der Waals surface area contributed by atoms with Crippen molar-refractivity contribution in [2.24, 2.45) is 5.41 Å². The van der Waals surface area contributed by atoms with Crippen LogP contribution in [0.1, 0.15) is 13.3 Å². The molecular formula is C11H10Br2N2O3. The van der Waals surface area contributed by atoms with Crippen molar-refractivity contribution in [3.05, 3.63) is 34.4 Å². The first-order valence-electron chi connectivity index (χ1n) is 5.20. The molecule has 1 N–H and O–H groups in total. The van der Waals surface area contributed by atoms with E-state index in [1.807, 2.05) is 6.92 Å². The lowest BCUT2D eigenvalue weighted by Gasteiger charge is -2.12. The van der Waals surface area contributed by atoms with E-state index in [0.29, 0.717) is 12.1 Å². The van der Waals surface area contributed by atoms with Crippen LogP contribution in [0.5, 0.6) is 0 Å². The maximum Gasteiger partial charge on any atom is 0.271 e. The molecule has 0 radical (unpaired) electrons. The molecule has 5 nitrogen and oxygen atoms in total. The highest BCUT2D eigenvalue weighted by Gasteiger charge is 2.66. The Morgan fingerprint density at radius 1 is 1.50 bits per heavy atom. The van der Waals surface area contributed by atoms with Crippen molar-refractivity contribution in [1.82, 2.24) is 0 Å². The van der Waals surface area contributed by atoms with Gasteiger partial charge in [0.25, 0.3) is 5.69 Å². The van der Waals surface area contributed by atoms with Crippen molar-refractivity contribution in [2.45, 2.75) is 16.6 Å². The van der Waals surface area contributed by atoms with E-state index in [9.17, 15) is 14.9 Å². The number of nitro benzene ring substituents is 1. The van der Waals surface area contributed by atoms with Gasteiger partial charge in [0.2, 0.25) is 5.91 Å².